The van der Waals surface area contributed by atoms with Gasteiger partial charge in [0.1, 0.15) is 0 Å². The molecule has 116 valence electrons. The van der Waals surface area contributed by atoms with Crippen LogP contribution in [0, 0.1) is 0 Å². The van der Waals surface area contributed by atoms with Gasteiger partial charge in [-0.05, 0) is 43.5 Å². The van der Waals surface area contributed by atoms with E-state index >= 15 is 0 Å². The monoisotopic (exact) mass is 329 g/mol. The summed E-state index contributed by atoms with van der Waals surface area (Å²) < 4.78 is 24.6. The van der Waals surface area contributed by atoms with Crippen molar-refractivity contribution in [1.29, 1.82) is 0 Å². The summed E-state index contributed by atoms with van der Waals surface area (Å²) in [5.41, 5.74) is 0. The first kappa shape index (κ1) is 16.3. The molecule has 1 aromatic carbocycles. The number of amides is 1. The van der Waals surface area contributed by atoms with Gasteiger partial charge in [0.15, 0.2) is 14.6 Å². The van der Waals surface area contributed by atoms with E-state index in [1.54, 1.807) is 12.1 Å². The summed E-state index contributed by atoms with van der Waals surface area (Å²) in [5.74, 6) is -0.364. The number of hydrogen-bond donors (Lipinski definition) is 1. The molecule has 1 saturated carbocycles. The molecule has 1 fully saturated rings. The van der Waals surface area contributed by atoms with Gasteiger partial charge in [0, 0.05) is 11.6 Å². The fraction of sp³-hybridized carbons (Fsp3) is 0.533. The highest BCUT2D eigenvalue weighted by Gasteiger charge is 2.52. The van der Waals surface area contributed by atoms with E-state index in [-0.39, 0.29) is 10.8 Å². The molecule has 1 N–H and O–H groups in total. The number of carbonyl (C=O) groups is 1. The Morgan fingerprint density at radius 3 is 2.33 bits per heavy atom. The second-order valence-corrected chi connectivity index (χ2v) is 8.11. The van der Waals surface area contributed by atoms with E-state index in [1.165, 1.54) is 12.1 Å². The Bertz CT molecular complexity index is 604. The molecule has 0 saturated heterocycles. The smallest absolute Gasteiger partial charge is 0.241 e. The fourth-order valence-electron chi connectivity index (χ4n) is 2.80. The molecule has 4 nitrogen and oxygen atoms in total. The van der Waals surface area contributed by atoms with Gasteiger partial charge >= 0.3 is 0 Å². The van der Waals surface area contributed by atoms with Crippen molar-refractivity contribution in [2.75, 3.05) is 6.54 Å². The Balaban J connectivity index is 2.41. The molecule has 0 spiro atoms. The molecule has 0 aromatic heterocycles. The number of halogens is 1. The molecular formula is C15H20ClNO3S. The first-order valence-corrected chi connectivity index (χ1v) is 9.08. The normalized spacial score (nSPS) is 17.6. The lowest BCUT2D eigenvalue weighted by molar-refractivity contribution is -0.123. The lowest BCUT2D eigenvalue weighted by atomic mass is 10.1. The van der Waals surface area contributed by atoms with Gasteiger partial charge in [0.05, 0.1) is 4.90 Å². The quantitative estimate of drug-likeness (QED) is 0.903. The predicted molar refractivity (Wildman–Crippen MR) is 83.1 cm³/mol. The molecule has 0 radical (unpaired) electrons. The fourth-order valence-corrected chi connectivity index (χ4v) is 5.02. The molecule has 2 rings (SSSR count). The zero-order valence-electron chi connectivity index (χ0n) is 12.1. The van der Waals surface area contributed by atoms with Crippen molar-refractivity contribution in [2.24, 2.45) is 0 Å². The van der Waals surface area contributed by atoms with Crippen molar-refractivity contribution in [3.05, 3.63) is 29.3 Å². The zero-order chi connectivity index (χ0) is 15.5. The van der Waals surface area contributed by atoms with Crippen molar-refractivity contribution >= 4 is 27.3 Å². The Hall–Kier alpha value is -1.07. The molecule has 1 aliphatic rings. The van der Waals surface area contributed by atoms with E-state index in [4.69, 9.17) is 11.6 Å². The molecule has 21 heavy (non-hydrogen) atoms. The number of benzene rings is 1. The average Bonchev–Trinajstić information content (AvgIpc) is 2.96. The number of carbonyl (C=O) groups excluding carboxylic acids is 1. The summed E-state index contributed by atoms with van der Waals surface area (Å²) in [6.45, 7) is 2.44. The van der Waals surface area contributed by atoms with E-state index in [2.05, 4.69) is 5.32 Å². The molecule has 6 heteroatoms. The number of rotatable bonds is 5. The predicted octanol–water partition coefficient (Wildman–Crippen LogP) is 2.95. The molecule has 0 unspecified atom stereocenters. The molecule has 0 heterocycles. The lowest BCUT2D eigenvalue weighted by Gasteiger charge is -2.27. The standard InChI is InChI=1S/C15H20ClNO3S/c1-2-11-17-14(18)15(9-3-4-10-15)21(19,20)13-7-5-12(16)6-8-13/h5-8H,2-4,9-11H2,1H3,(H,17,18). The topological polar surface area (TPSA) is 63.2 Å². The van der Waals surface area contributed by atoms with Crippen LogP contribution in [0.4, 0.5) is 0 Å². The van der Waals surface area contributed by atoms with Gasteiger partial charge in [-0.3, -0.25) is 4.79 Å². The van der Waals surface area contributed by atoms with E-state index in [9.17, 15) is 13.2 Å². The Kier molecular flexibility index (Phi) is 4.94. The number of hydrogen-bond acceptors (Lipinski definition) is 3. The minimum atomic E-state index is -3.72. The van der Waals surface area contributed by atoms with E-state index in [1.807, 2.05) is 6.92 Å². The van der Waals surface area contributed by atoms with E-state index < -0.39 is 14.6 Å². The largest absolute Gasteiger partial charge is 0.355 e. The average molecular weight is 330 g/mol. The zero-order valence-corrected chi connectivity index (χ0v) is 13.6. The summed E-state index contributed by atoms with van der Waals surface area (Å²) in [5, 5.41) is 3.23. The van der Waals surface area contributed by atoms with Crippen LogP contribution in [0.25, 0.3) is 0 Å². The van der Waals surface area contributed by atoms with Gasteiger partial charge in [-0.15, -0.1) is 0 Å². The molecule has 1 amide bonds. The van der Waals surface area contributed by atoms with Crippen molar-refractivity contribution in [3.63, 3.8) is 0 Å². The highest BCUT2D eigenvalue weighted by atomic mass is 35.5. The maximum Gasteiger partial charge on any atom is 0.241 e. The molecule has 0 aliphatic heterocycles. The van der Waals surface area contributed by atoms with Gasteiger partial charge in [-0.25, -0.2) is 8.42 Å². The summed E-state index contributed by atoms with van der Waals surface area (Å²) in [6, 6.07) is 6.04. The third-order valence-corrected chi connectivity index (χ3v) is 6.77. The first-order chi connectivity index (χ1) is 9.94. The Morgan fingerprint density at radius 1 is 1.24 bits per heavy atom. The number of sulfone groups is 1. The van der Waals surface area contributed by atoms with Crippen LogP contribution in [0.1, 0.15) is 39.0 Å². The molecule has 1 aliphatic carbocycles. The maximum absolute atomic E-state index is 13.0. The lowest BCUT2D eigenvalue weighted by Crippen LogP contribution is -2.50. The second-order valence-electron chi connectivity index (χ2n) is 5.41. The molecule has 0 bridgehead atoms. The van der Waals surface area contributed by atoms with E-state index in [0.29, 0.717) is 24.4 Å². The van der Waals surface area contributed by atoms with E-state index in [0.717, 1.165) is 19.3 Å². The van der Waals surface area contributed by atoms with Crippen molar-refractivity contribution in [1.82, 2.24) is 5.32 Å². The van der Waals surface area contributed by atoms with Crippen LogP contribution < -0.4 is 5.32 Å². The van der Waals surface area contributed by atoms with Crippen LogP contribution in [0.5, 0.6) is 0 Å². The second kappa shape index (κ2) is 6.36. The van der Waals surface area contributed by atoms with Crippen molar-refractivity contribution in [2.45, 2.75) is 48.7 Å². The van der Waals surface area contributed by atoms with Crippen molar-refractivity contribution < 1.29 is 13.2 Å². The van der Waals surface area contributed by atoms with Gasteiger partial charge in [-0.1, -0.05) is 31.4 Å². The van der Waals surface area contributed by atoms with Crippen LogP contribution in [-0.4, -0.2) is 25.6 Å². The third-order valence-electron chi connectivity index (χ3n) is 4.00. The molecule has 0 atom stereocenters. The van der Waals surface area contributed by atoms with Crippen molar-refractivity contribution in [3.8, 4) is 0 Å². The van der Waals surface area contributed by atoms with Crippen LogP contribution in [0.3, 0.4) is 0 Å². The summed E-state index contributed by atoms with van der Waals surface area (Å²) in [4.78, 5) is 12.7. The van der Waals surface area contributed by atoms with Gasteiger partial charge in [-0.2, -0.15) is 0 Å². The van der Waals surface area contributed by atoms with Gasteiger partial charge < -0.3 is 5.32 Å². The molecular weight excluding hydrogens is 310 g/mol. The van der Waals surface area contributed by atoms with Crippen LogP contribution in [0.2, 0.25) is 5.02 Å². The molecule has 1 aromatic rings. The number of nitrogens with one attached hydrogen (secondary N) is 1. The maximum atomic E-state index is 13.0. The highest BCUT2D eigenvalue weighted by Crippen LogP contribution is 2.40. The SMILES string of the molecule is CCCNC(=O)C1(S(=O)(=O)c2ccc(Cl)cc2)CCCC1. The van der Waals surface area contributed by atoms with Crippen LogP contribution in [-0.2, 0) is 14.6 Å². The van der Waals surface area contributed by atoms with Crippen LogP contribution in [0.15, 0.2) is 29.2 Å². The van der Waals surface area contributed by atoms with Gasteiger partial charge in [0.2, 0.25) is 5.91 Å². The first-order valence-electron chi connectivity index (χ1n) is 7.22. The highest BCUT2D eigenvalue weighted by molar-refractivity contribution is 7.93. The Labute approximate surface area is 130 Å². The van der Waals surface area contributed by atoms with Crippen LogP contribution >= 0.6 is 11.6 Å². The van der Waals surface area contributed by atoms with Gasteiger partial charge in [0.25, 0.3) is 0 Å². The minimum absolute atomic E-state index is 0.167. The Morgan fingerprint density at radius 2 is 1.81 bits per heavy atom. The summed E-state index contributed by atoms with van der Waals surface area (Å²) >= 11 is 5.81. The summed E-state index contributed by atoms with van der Waals surface area (Å²) in [6.07, 6.45) is 3.06. The third kappa shape index (κ3) is 2.94. The minimum Gasteiger partial charge on any atom is -0.355 e. The summed E-state index contributed by atoms with van der Waals surface area (Å²) in [7, 11) is -3.72.